The maximum absolute atomic E-state index is 12.7. The normalized spacial score (nSPS) is 12.7. The van der Waals surface area contributed by atoms with Crippen molar-refractivity contribution in [2.75, 3.05) is 19.1 Å². The molecule has 2 aromatic heterocycles. The molecule has 0 radical (unpaired) electrons. The molecule has 0 fully saturated rings. The van der Waals surface area contributed by atoms with E-state index in [2.05, 4.69) is 20.5 Å². The Hall–Kier alpha value is -4.64. The second-order valence-corrected chi connectivity index (χ2v) is 8.29. The first-order valence-electron chi connectivity index (χ1n) is 11.5. The van der Waals surface area contributed by atoms with Gasteiger partial charge < -0.3 is 19.1 Å². The first-order valence-corrected chi connectivity index (χ1v) is 11.5. The van der Waals surface area contributed by atoms with Crippen LogP contribution < -0.4 is 26.1 Å². The molecule has 0 aliphatic heterocycles. The van der Waals surface area contributed by atoms with Crippen molar-refractivity contribution in [3.05, 3.63) is 87.1 Å². The number of hydrazone groups is 1. The highest BCUT2D eigenvalue weighted by atomic mass is 16.5. The molecule has 0 spiro atoms. The molecule has 1 atom stereocenters. The van der Waals surface area contributed by atoms with Crippen LogP contribution in [0.1, 0.15) is 12.5 Å². The maximum Gasteiger partial charge on any atom is 0.329 e. The molecule has 192 valence electrons. The van der Waals surface area contributed by atoms with Crippen molar-refractivity contribution in [1.29, 1.82) is 0 Å². The first-order chi connectivity index (χ1) is 17.9. The van der Waals surface area contributed by atoms with Gasteiger partial charge in [-0.3, -0.25) is 14.3 Å². The molecule has 2 aromatic carbocycles. The number of fused-ring (bicyclic) bond motifs is 1. The van der Waals surface area contributed by atoms with Crippen molar-refractivity contribution in [2.45, 2.75) is 19.6 Å². The summed E-state index contributed by atoms with van der Waals surface area (Å²) in [4.78, 5) is 31.5. The van der Waals surface area contributed by atoms with E-state index in [4.69, 9.17) is 9.47 Å². The molecule has 11 nitrogen and oxygen atoms in total. The monoisotopic (exact) mass is 504 g/mol. The van der Waals surface area contributed by atoms with Gasteiger partial charge in [-0.05, 0) is 42.8 Å². The minimum absolute atomic E-state index is 0.0370. The Morgan fingerprint density at radius 3 is 2.57 bits per heavy atom. The Morgan fingerprint density at radius 2 is 1.86 bits per heavy atom. The van der Waals surface area contributed by atoms with Crippen LogP contribution in [0.3, 0.4) is 0 Å². The average Bonchev–Trinajstić information content (AvgIpc) is 3.27. The van der Waals surface area contributed by atoms with Crippen molar-refractivity contribution in [3.8, 4) is 11.5 Å². The number of benzene rings is 2. The topological polar surface area (TPSA) is 136 Å². The number of imidazole rings is 1. The van der Waals surface area contributed by atoms with Gasteiger partial charge in [-0.2, -0.15) is 10.1 Å². The fourth-order valence-corrected chi connectivity index (χ4v) is 3.58. The number of nitrogens with one attached hydrogen (secondary N) is 2. The largest absolute Gasteiger partial charge is 0.497 e. The lowest BCUT2D eigenvalue weighted by Gasteiger charge is -2.15. The van der Waals surface area contributed by atoms with Gasteiger partial charge in [0.05, 0.1) is 19.4 Å². The van der Waals surface area contributed by atoms with Gasteiger partial charge in [0, 0.05) is 7.05 Å². The van der Waals surface area contributed by atoms with Crippen molar-refractivity contribution in [1.82, 2.24) is 19.1 Å². The molecule has 11 heteroatoms. The van der Waals surface area contributed by atoms with E-state index in [1.54, 1.807) is 38.3 Å². The van der Waals surface area contributed by atoms with E-state index in [-0.39, 0.29) is 30.3 Å². The molecule has 0 unspecified atom stereocenters. The molecule has 0 saturated heterocycles. The molecule has 0 bridgehead atoms. The molecule has 2 heterocycles. The summed E-state index contributed by atoms with van der Waals surface area (Å²) in [5.41, 5.74) is 3.60. The number of aliphatic hydroxyl groups excluding tert-OH is 1. The first kappa shape index (κ1) is 25.5. The number of aryl methyl sites for hydroxylation is 1. The highest BCUT2D eigenvalue weighted by Gasteiger charge is 2.20. The fourth-order valence-electron chi connectivity index (χ4n) is 3.58. The van der Waals surface area contributed by atoms with Crippen LogP contribution in [0.15, 0.2) is 75.4 Å². The Kier molecular flexibility index (Phi) is 7.84. The number of anilines is 1. The van der Waals surface area contributed by atoms with Crippen LogP contribution in [0.4, 0.5) is 5.95 Å². The van der Waals surface area contributed by atoms with Crippen molar-refractivity contribution in [2.24, 2.45) is 12.1 Å². The van der Waals surface area contributed by atoms with Crippen LogP contribution in [0.5, 0.6) is 11.5 Å². The average molecular weight is 505 g/mol. The number of methoxy groups -OCH3 is 1. The molecule has 4 rings (SSSR count). The van der Waals surface area contributed by atoms with Crippen molar-refractivity contribution in [3.63, 3.8) is 0 Å². The van der Waals surface area contributed by atoms with Crippen molar-refractivity contribution >= 4 is 28.9 Å². The van der Waals surface area contributed by atoms with Crippen LogP contribution >= 0.6 is 0 Å². The summed E-state index contributed by atoms with van der Waals surface area (Å²) >= 11 is 0. The summed E-state index contributed by atoms with van der Waals surface area (Å²) < 4.78 is 13.5. The van der Waals surface area contributed by atoms with E-state index in [1.165, 1.54) is 16.2 Å². The SMILES string of the molecule is COc1ccc(OC[C@@H](O)Cn2c(N/N=C(C)\C=C\c3ccccc3)nc3c2c(=O)[nH]c(=O)n3C)cc1. The number of allylic oxidation sites excluding steroid dienone is 1. The van der Waals surface area contributed by atoms with E-state index < -0.39 is 17.4 Å². The minimum atomic E-state index is -1.00. The van der Waals surface area contributed by atoms with Crippen LogP contribution in [-0.4, -0.2) is 49.7 Å². The predicted octanol–water partition coefficient (Wildman–Crippen LogP) is 2.37. The minimum Gasteiger partial charge on any atom is -0.497 e. The summed E-state index contributed by atoms with van der Waals surface area (Å²) in [6, 6.07) is 16.7. The van der Waals surface area contributed by atoms with Gasteiger partial charge in [-0.25, -0.2) is 10.2 Å². The smallest absolute Gasteiger partial charge is 0.329 e. The Morgan fingerprint density at radius 1 is 1.16 bits per heavy atom. The lowest BCUT2D eigenvalue weighted by Crippen LogP contribution is -2.30. The highest BCUT2D eigenvalue weighted by molar-refractivity contribution is 5.96. The molecule has 37 heavy (non-hydrogen) atoms. The van der Waals surface area contributed by atoms with Crippen LogP contribution in [-0.2, 0) is 13.6 Å². The molecule has 0 amide bonds. The van der Waals surface area contributed by atoms with Gasteiger partial charge in [0.25, 0.3) is 5.56 Å². The Bertz CT molecular complexity index is 1530. The van der Waals surface area contributed by atoms with Gasteiger partial charge in [0.15, 0.2) is 11.2 Å². The van der Waals surface area contributed by atoms with E-state index in [0.29, 0.717) is 17.2 Å². The molecule has 0 saturated carbocycles. The summed E-state index contributed by atoms with van der Waals surface area (Å²) in [5.74, 6) is 1.44. The summed E-state index contributed by atoms with van der Waals surface area (Å²) in [6.45, 7) is 1.72. The molecule has 3 N–H and O–H groups in total. The molecular formula is C26H28N6O5. The zero-order valence-electron chi connectivity index (χ0n) is 20.7. The molecule has 0 aliphatic carbocycles. The number of rotatable bonds is 10. The third-order valence-electron chi connectivity index (χ3n) is 5.55. The Balaban J connectivity index is 1.57. The number of ether oxygens (including phenoxy) is 2. The van der Waals surface area contributed by atoms with E-state index >= 15 is 0 Å². The van der Waals surface area contributed by atoms with Gasteiger partial charge in [0.1, 0.15) is 24.2 Å². The zero-order chi connectivity index (χ0) is 26.4. The van der Waals surface area contributed by atoms with Gasteiger partial charge in [0.2, 0.25) is 5.95 Å². The Labute approximate surface area is 212 Å². The summed E-state index contributed by atoms with van der Waals surface area (Å²) in [5, 5.41) is 15.1. The number of aromatic nitrogens is 4. The lowest BCUT2D eigenvalue weighted by atomic mass is 10.2. The van der Waals surface area contributed by atoms with Crippen molar-refractivity contribution < 1.29 is 14.6 Å². The van der Waals surface area contributed by atoms with E-state index in [0.717, 1.165) is 5.56 Å². The second kappa shape index (κ2) is 11.4. The van der Waals surface area contributed by atoms with Crippen LogP contribution in [0.2, 0.25) is 0 Å². The number of nitrogens with zero attached hydrogens (tertiary/aromatic N) is 4. The number of hydrogen-bond donors (Lipinski definition) is 3. The number of aromatic amines is 1. The zero-order valence-corrected chi connectivity index (χ0v) is 20.7. The highest BCUT2D eigenvalue weighted by Crippen LogP contribution is 2.19. The third kappa shape index (κ3) is 6.14. The standard InChI is InChI=1S/C26H28N6O5/c1-17(9-10-18-7-5-4-6-8-18)29-30-25-27-23-22(24(34)28-26(35)31(23)2)32(25)15-19(33)16-37-21-13-11-20(36-3)12-14-21/h4-14,19,33H,15-16H2,1-3H3,(H,27,30)(H,28,34,35)/b10-9+,29-17-/t19-/m0/s1. The number of hydrogen-bond acceptors (Lipinski definition) is 8. The van der Waals surface area contributed by atoms with E-state index in [1.807, 2.05) is 42.5 Å². The van der Waals surface area contributed by atoms with Gasteiger partial charge in [-0.1, -0.05) is 36.4 Å². The fraction of sp³-hybridized carbons (Fsp3) is 0.231. The predicted molar refractivity (Wildman–Crippen MR) is 142 cm³/mol. The third-order valence-corrected chi connectivity index (χ3v) is 5.55. The van der Waals surface area contributed by atoms with Gasteiger partial charge in [-0.15, -0.1) is 0 Å². The maximum atomic E-state index is 12.7. The van der Waals surface area contributed by atoms with Crippen LogP contribution in [0, 0.1) is 0 Å². The molecular weight excluding hydrogens is 476 g/mol. The lowest BCUT2D eigenvalue weighted by molar-refractivity contribution is 0.0938. The quantitative estimate of drug-likeness (QED) is 0.223. The molecule has 0 aliphatic rings. The van der Waals surface area contributed by atoms with Gasteiger partial charge >= 0.3 is 5.69 Å². The number of H-pyrrole nitrogens is 1. The van der Waals surface area contributed by atoms with E-state index in [9.17, 15) is 14.7 Å². The summed E-state index contributed by atoms with van der Waals surface area (Å²) in [6.07, 6.45) is 2.74. The van der Waals surface area contributed by atoms with Crippen LogP contribution in [0.25, 0.3) is 17.2 Å². The number of aliphatic hydroxyl groups is 1. The second-order valence-electron chi connectivity index (χ2n) is 8.29. The molecule has 4 aromatic rings. The summed E-state index contributed by atoms with van der Waals surface area (Å²) in [7, 11) is 3.07.